The van der Waals surface area contributed by atoms with E-state index in [1.54, 1.807) is 24.3 Å². The summed E-state index contributed by atoms with van der Waals surface area (Å²) >= 11 is 0. The number of amides is 3. The van der Waals surface area contributed by atoms with Gasteiger partial charge in [-0.2, -0.15) is 0 Å². The van der Waals surface area contributed by atoms with Gasteiger partial charge in [0.25, 0.3) is 5.91 Å². The lowest BCUT2D eigenvalue weighted by Crippen LogP contribution is -2.42. The van der Waals surface area contributed by atoms with Gasteiger partial charge in [-0.1, -0.05) is 12.1 Å². The number of nitrogens with zero attached hydrogens (tertiary/aromatic N) is 1. The van der Waals surface area contributed by atoms with E-state index in [0.717, 1.165) is 5.56 Å². The lowest BCUT2D eigenvalue weighted by atomic mass is 10.1. The molecule has 23 heavy (non-hydrogen) atoms. The summed E-state index contributed by atoms with van der Waals surface area (Å²) in [5.41, 5.74) is 1.44. The third kappa shape index (κ3) is 6.50. The zero-order valence-corrected chi connectivity index (χ0v) is 14.2. The van der Waals surface area contributed by atoms with Gasteiger partial charge in [-0.25, -0.2) is 0 Å². The number of nitrogens with one attached hydrogen (secondary N) is 2. The molecule has 0 atom stereocenters. The Morgan fingerprint density at radius 1 is 1.13 bits per heavy atom. The number of rotatable bonds is 7. The Bertz CT molecular complexity index is 553. The molecule has 1 aromatic rings. The predicted molar refractivity (Wildman–Crippen MR) is 88.8 cm³/mol. The van der Waals surface area contributed by atoms with Crippen LogP contribution < -0.4 is 10.6 Å². The van der Waals surface area contributed by atoms with Crippen LogP contribution in [0.1, 0.15) is 43.6 Å². The van der Waals surface area contributed by atoms with Gasteiger partial charge in [0.2, 0.25) is 11.8 Å². The predicted octanol–water partition coefficient (Wildman–Crippen LogP) is 1.31. The zero-order valence-electron chi connectivity index (χ0n) is 14.2. The highest BCUT2D eigenvalue weighted by atomic mass is 16.2. The van der Waals surface area contributed by atoms with Gasteiger partial charge in [-0.05, 0) is 38.5 Å². The number of likely N-dealkylation sites (N-methyl/N-ethyl adjacent to an activating group) is 1. The summed E-state index contributed by atoms with van der Waals surface area (Å²) in [6.07, 6.45) is 0. The van der Waals surface area contributed by atoms with Crippen LogP contribution in [0.25, 0.3) is 0 Å². The second-order valence-electron chi connectivity index (χ2n) is 5.65. The third-order valence-electron chi connectivity index (χ3n) is 3.20. The molecule has 0 aromatic heterocycles. The molecule has 0 aliphatic carbocycles. The first kappa shape index (κ1) is 18.7. The molecule has 0 fully saturated rings. The maximum absolute atomic E-state index is 12.5. The molecule has 0 aliphatic rings. The van der Waals surface area contributed by atoms with E-state index >= 15 is 0 Å². The molecule has 0 spiro atoms. The summed E-state index contributed by atoms with van der Waals surface area (Å²) in [6.45, 7) is 7.98. The maximum Gasteiger partial charge on any atom is 0.254 e. The van der Waals surface area contributed by atoms with Crippen LogP contribution in [0, 0.1) is 0 Å². The highest BCUT2D eigenvalue weighted by molar-refractivity contribution is 5.96. The van der Waals surface area contributed by atoms with Crippen molar-refractivity contribution in [2.45, 2.75) is 40.3 Å². The molecule has 6 heteroatoms. The van der Waals surface area contributed by atoms with E-state index in [4.69, 9.17) is 0 Å². The first-order chi connectivity index (χ1) is 10.8. The van der Waals surface area contributed by atoms with Crippen molar-refractivity contribution in [3.8, 4) is 0 Å². The van der Waals surface area contributed by atoms with Gasteiger partial charge in [0, 0.05) is 31.6 Å². The topological polar surface area (TPSA) is 78.5 Å². The molecule has 3 amide bonds. The van der Waals surface area contributed by atoms with E-state index in [9.17, 15) is 14.4 Å². The van der Waals surface area contributed by atoms with Crippen molar-refractivity contribution in [2.24, 2.45) is 0 Å². The second kappa shape index (κ2) is 8.92. The monoisotopic (exact) mass is 319 g/mol. The largest absolute Gasteiger partial charge is 0.352 e. The van der Waals surface area contributed by atoms with Crippen LogP contribution in [0.4, 0.5) is 0 Å². The van der Waals surface area contributed by atoms with Crippen molar-refractivity contribution in [3.63, 3.8) is 0 Å². The van der Waals surface area contributed by atoms with E-state index in [0.29, 0.717) is 18.7 Å². The standard InChI is InChI=1S/C17H25N3O3/c1-5-20(11-16(22)19-12(2)3)17(23)15-8-6-14(7-9-15)10-18-13(4)21/h6-9,12H,5,10-11H2,1-4H3,(H,18,21)(H,19,22). The molecule has 0 bridgehead atoms. The molecule has 0 radical (unpaired) electrons. The minimum atomic E-state index is -0.183. The minimum Gasteiger partial charge on any atom is -0.352 e. The Balaban J connectivity index is 2.70. The smallest absolute Gasteiger partial charge is 0.254 e. The van der Waals surface area contributed by atoms with Crippen LogP contribution in [-0.2, 0) is 16.1 Å². The molecule has 2 N–H and O–H groups in total. The molecule has 0 heterocycles. The summed E-state index contributed by atoms with van der Waals surface area (Å²) < 4.78 is 0. The van der Waals surface area contributed by atoms with Crippen molar-refractivity contribution < 1.29 is 14.4 Å². The fourth-order valence-electron chi connectivity index (χ4n) is 2.04. The van der Waals surface area contributed by atoms with Crippen LogP contribution in [0.2, 0.25) is 0 Å². The van der Waals surface area contributed by atoms with Crippen LogP contribution in [0.5, 0.6) is 0 Å². The van der Waals surface area contributed by atoms with Crippen molar-refractivity contribution in [1.82, 2.24) is 15.5 Å². The lowest BCUT2D eigenvalue weighted by Gasteiger charge is -2.21. The minimum absolute atomic E-state index is 0.0428. The van der Waals surface area contributed by atoms with Gasteiger partial charge in [0.05, 0.1) is 6.54 Å². The van der Waals surface area contributed by atoms with Crippen LogP contribution in [0.3, 0.4) is 0 Å². The molecular formula is C17H25N3O3. The summed E-state index contributed by atoms with van der Waals surface area (Å²) in [7, 11) is 0. The average Bonchev–Trinajstić information content (AvgIpc) is 2.49. The third-order valence-corrected chi connectivity index (χ3v) is 3.20. The van der Waals surface area contributed by atoms with Crippen LogP contribution in [-0.4, -0.2) is 41.8 Å². The fraction of sp³-hybridized carbons (Fsp3) is 0.471. The molecule has 126 valence electrons. The second-order valence-corrected chi connectivity index (χ2v) is 5.65. The first-order valence-corrected chi connectivity index (χ1v) is 7.75. The van der Waals surface area contributed by atoms with Crippen molar-refractivity contribution in [2.75, 3.05) is 13.1 Å². The SMILES string of the molecule is CCN(CC(=O)NC(C)C)C(=O)c1ccc(CNC(C)=O)cc1. The molecular weight excluding hydrogens is 294 g/mol. The normalized spacial score (nSPS) is 10.3. The quantitative estimate of drug-likeness (QED) is 0.795. The Labute approximate surface area is 137 Å². The van der Waals surface area contributed by atoms with Crippen LogP contribution in [0.15, 0.2) is 24.3 Å². The number of benzene rings is 1. The van der Waals surface area contributed by atoms with E-state index in [1.165, 1.54) is 11.8 Å². The Morgan fingerprint density at radius 2 is 1.74 bits per heavy atom. The first-order valence-electron chi connectivity index (χ1n) is 7.75. The Kier molecular flexibility index (Phi) is 7.25. The van der Waals surface area contributed by atoms with E-state index in [2.05, 4.69) is 10.6 Å². The number of hydrogen-bond acceptors (Lipinski definition) is 3. The molecule has 6 nitrogen and oxygen atoms in total. The highest BCUT2D eigenvalue weighted by Gasteiger charge is 2.17. The summed E-state index contributed by atoms with van der Waals surface area (Å²) in [6, 6.07) is 7.06. The molecule has 1 aromatic carbocycles. The summed E-state index contributed by atoms with van der Waals surface area (Å²) in [5.74, 6) is -0.451. The zero-order chi connectivity index (χ0) is 17.4. The Morgan fingerprint density at radius 3 is 2.22 bits per heavy atom. The van der Waals surface area contributed by atoms with Gasteiger partial charge in [-0.3, -0.25) is 14.4 Å². The summed E-state index contributed by atoms with van der Waals surface area (Å²) in [5, 5.41) is 5.48. The molecule has 0 saturated heterocycles. The molecule has 1 rings (SSSR count). The van der Waals surface area contributed by atoms with Gasteiger partial charge in [0.1, 0.15) is 0 Å². The number of hydrogen-bond donors (Lipinski definition) is 2. The maximum atomic E-state index is 12.5. The number of carbonyl (C=O) groups is 3. The van der Waals surface area contributed by atoms with Crippen molar-refractivity contribution in [3.05, 3.63) is 35.4 Å². The summed E-state index contributed by atoms with van der Waals surface area (Å²) in [4.78, 5) is 36.7. The van der Waals surface area contributed by atoms with Gasteiger partial charge < -0.3 is 15.5 Å². The van der Waals surface area contributed by atoms with E-state index in [-0.39, 0.29) is 30.3 Å². The lowest BCUT2D eigenvalue weighted by molar-refractivity contribution is -0.122. The number of carbonyl (C=O) groups excluding carboxylic acids is 3. The van der Waals surface area contributed by atoms with Gasteiger partial charge in [-0.15, -0.1) is 0 Å². The molecule has 0 saturated carbocycles. The van der Waals surface area contributed by atoms with Crippen LogP contribution >= 0.6 is 0 Å². The van der Waals surface area contributed by atoms with Crippen molar-refractivity contribution >= 4 is 17.7 Å². The van der Waals surface area contributed by atoms with E-state index in [1.807, 2.05) is 20.8 Å². The molecule has 0 aliphatic heterocycles. The van der Waals surface area contributed by atoms with Crippen molar-refractivity contribution in [1.29, 1.82) is 0 Å². The Hall–Kier alpha value is -2.37. The average molecular weight is 319 g/mol. The van der Waals surface area contributed by atoms with E-state index < -0.39 is 0 Å². The highest BCUT2D eigenvalue weighted by Crippen LogP contribution is 2.08. The molecule has 0 unspecified atom stereocenters. The van der Waals surface area contributed by atoms with Gasteiger partial charge >= 0.3 is 0 Å². The fourth-order valence-corrected chi connectivity index (χ4v) is 2.04. The van der Waals surface area contributed by atoms with Gasteiger partial charge in [0.15, 0.2) is 0 Å².